The van der Waals surface area contributed by atoms with Crippen LogP contribution in [-0.2, 0) is 0 Å². The lowest BCUT2D eigenvalue weighted by atomic mass is 10.1. The summed E-state index contributed by atoms with van der Waals surface area (Å²) in [6.45, 7) is -0.0754. The lowest BCUT2D eigenvalue weighted by Crippen LogP contribution is -2.14. The van der Waals surface area contributed by atoms with Gasteiger partial charge in [0.2, 0.25) is 5.88 Å². The van der Waals surface area contributed by atoms with Crippen molar-refractivity contribution in [3.05, 3.63) is 23.9 Å². The van der Waals surface area contributed by atoms with Crippen LogP contribution in [-0.4, -0.2) is 23.8 Å². The van der Waals surface area contributed by atoms with Crippen LogP contribution in [0.15, 0.2) is 18.3 Å². The molecular formula is C8H13ClN2O2. The third-order valence-corrected chi connectivity index (χ3v) is 1.59. The highest BCUT2D eigenvalue weighted by Gasteiger charge is 2.03. The summed E-state index contributed by atoms with van der Waals surface area (Å²) in [5, 5.41) is 8.73. The molecule has 1 unspecified atom stereocenters. The number of nitrogens with zero attached hydrogens (tertiary/aromatic N) is 1. The van der Waals surface area contributed by atoms with Crippen LogP contribution in [0.4, 0.5) is 0 Å². The summed E-state index contributed by atoms with van der Waals surface area (Å²) in [4.78, 5) is 3.95. The average Bonchev–Trinajstić information content (AvgIpc) is 2.17. The Balaban J connectivity index is 0.00000144. The van der Waals surface area contributed by atoms with Crippen LogP contribution >= 0.6 is 12.4 Å². The molecule has 4 nitrogen and oxygen atoms in total. The van der Waals surface area contributed by atoms with E-state index in [-0.39, 0.29) is 25.1 Å². The molecule has 1 aromatic heterocycles. The summed E-state index contributed by atoms with van der Waals surface area (Å²) in [6.07, 6.45) is 1.60. The van der Waals surface area contributed by atoms with E-state index in [0.717, 1.165) is 5.56 Å². The molecule has 0 aromatic carbocycles. The van der Waals surface area contributed by atoms with Crippen molar-refractivity contribution in [3.63, 3.8) is 0 Å². The van der Waals surface area contributed by atoms with Gasteiger partial charge in [-0.3, -0.25) is 0 Å². The molecule has 1 aromatic rings. The van der Waals surface area contributed by atoms with Crippen molar-refractivity contribution in [2.24, 2.45) is 5.73 Å². The first-order valence-corrected chi connectivity index (χ1v) is 3.64. The van der Waals surface area contributed by atoms with E-state index in [4.69, 9.17) is 15.6 Å². The maximum Gasteiger partial charge on any atom is 0.212 e. The molecule has 0 aliphatic carbocycles. The number of halogens is 1. The van der Waals surface area contributed by atoms with Crippen molar-refractivity contribution >= 4 is 12.4 Å². The van der Waals surface area contributed by atoms with Gasteiger partial charge in [0, 0.05) is 12.3 Å². The van der Waals surface area contributed by atoms with Crippen molar-refractivity contribution in [1.29, 1.82) is 0 Å². The molecule has 0 saturated heterocycles. The second kappa shape index (κ2) is 5.75. The predicted octanol–water partition coefficient (Wildman–Crippen LogP) is 0.504. The van der Waals surface area contributed by atoms with Crippen molar-refractivity contribution in [2.45, 2.75) is 6.04 Å². The molecule has 0 aliphatic heterocycles. The number of pyridine rings is 1. The normalized spacial score (nSPS) is 11.6. The molecule has 1 rings (SSSR count). The number of methoxy groups -OCH3 is 1. The van der Waals surface area contributed by atoms with Crippen molar-refractivity contribution in [1.82, 2.24) is 4.98 Å². The Hall–Kier alpha value is -0.840. The molecule has 0 aliphatic rings. The third-order valence-electron chi connectivity index (χ3n) is 1.59. The third kappa shape index (κ3) is 3.18. The quantitative estimate of drug-likeness (QED) is 0.753. The zero-order valence-corrected chi connectivity index (χ0v) is 8.12. The maximum atomic E-state index is 8.73. The van der Waals surface area contributed by atoms with Crippen LogP contribution in [0, 0.1) is 0 Å². The van der Waals surface area contributed by atoms with E-state index in [0.29, 0.717) is 5.88 Å². The van der Waals surface area contributed by atoms with Gasteiger partial charge >= 0.3 is 0 Å². The molecule has 0 bridgehead atoms. The smallest absolute Gasteiger partial charge is 0.212 e. The minimum Gasteiger partial charge on any atom is -0.481 e. The van der Waals surface area contributed by atoms with E-state index >= 15 is 0 Å². The fourth-order valence-electron chi connectivity index (χ4n) is 0.837. The molecule has 0 saturated carbocycles. The number of ether oxygens (including phenoxy) is 1. The first-order chi connectivity index (χ1) is 5.77. The van der Waals surface area contributed by atoms with Gasteiger partial charge in [-0.1, -0.05) is 6.07 Å². The Morgan fingerprint density at radius 3 is 2.69 bits per heavy atom. The van der Waals surface area contributed by atoms with Gasteiger partial charge in [-0.2, -0.15) is 0 Å². The second-order valence-electron chi connectivity index (χ2n) is 2.42. The standard InChI is InChI=1S/C8H12N2O2.ClH/c1-12-8-3-2-6(4-10-8)7(9)5-11;/h2-4,7,11H,5,9H2,1H3;1H. The Bertz CT molecular complexity index is 240. The van der Waals surface area contributed by atoms with Crippen molar-refractivity contribution in [2.75, 3.05) is 13.7 Å². The number of aliphatic hydroxyl groups excluding tert-OH is 1. The summed E-state index contributed by atoms with van der Waals surface area (Å²) < 4.78 is 4.87. The molecule has 5 heteroatoms. The number of hydrogen-bond acceptors (Lipinski definition) is 4. The fraction of sp³-hybridized carbons (Fsp3) is 0.375. The maximum absolute atomic E-state index is 8.73. The van der Waals surface area contributed by atoms with Gasteiger partial charge < -0.3 is 15.6 Å². The lowest BCUT2D eigenvalue weighted by molar-refractivity contribution is 0.267. The molecular weight excluding hydrogens is 192 g/mol. The number of aliphatic hydroxyl groups is 1. The van der Waals surface area contributed by atoms with Gasteiger partial charge in [0.1, 0.15) is 0 Å². The largest absolute Gasteiger partial charge is 0.481 e. The van der Waals surface area contributed by atoms with E-state index in [1.807, 2.05) is 0 Å². The monoisotopic (exact) mass is 204 g/mol. The molecule has 0 radical (unpaired) electrons. The Labute approximate surface area is 83.1 Å². The van der Waals surface area contributed by atoms with Crippen molar-refractivity contribution in [3.8, 4) is 5.88 Å². The number of hydrogen-bond donors (Lipinski definition) is 2. The molecule has 1 atom stereocenters. The van der Waals surface area contributed by atoms with Gasteiger partial charge in [0.15, 0.2) is 0 Å². The molecule has 13 heavy (non-hydrogen) atoms. The topological polar surface area (TPSA) is 68.4 Å². The zero-order chi connectivity index (χ0) is 8.97. The molecule has 0 spiro atoms. The molecule has 0 fully saturated rings. The van der Waals surface area contributed by atoms with Gasteiger partial charge in [0.25, 0.3) is 0 Å². The first kappa shape index (κ1) is 12.2. The molecule has 3 N–H and O–H groups in total. The summed E-state index contributed by atoms with van der Waals surface area (Å²) >= 11 is 0. The summed E-state index contributed by atoms with van der Waals surface area (Å²) in [6, 6.07) is 3.14. The van der Waals surface area contributed by atoms with Crippen LogP contribution in [0.1, 0.15) is 11.6 Å². The summed E-state index contributed by atoms with van der Waals surface area (Å²) in [5.41, 5.74) is 6.36. The highest BCUT2D eigenvalue weighted by atomic mass is 35.5. The zero-order valence-electron chi connectivity index (χ0n) is 7.30. The van der Waals surface area contributed by atoms with Crippen LogP contribution < -0.4 is 10.5 Å². The summed E-state index contributed by atoms with van der Waals surface area (Å²) in [7, 11) is 1.55. The predicted molar refractivity (Wildman–Crippen MR) is 52.1 cm³/mol. The van der Waals surface area contributed by atoms with E-state index < -0.39 is 0 Å². The summed E-state index contributed by atoms with van der Waals surface area (Å²) in [5.74, 6) is 0.545. The molecule has 1 heterocycles. The highest BCUT2D eigenvalue weighted by Crippen LogP contribution is 2.11. The van der Waals surface area contributed by atoms with Crippen LogP contribution in [0.25, 0.3) is 0 Å². The van der Waals surface area contributed by atoms with E-state index in [1.54, 1.807) is 25.4 Å². The van der Waals surface area contributed by atoms with Crippen LogP contribution in [0.2, 0.25) is 0 Å². The lowest BCUT2D eigenvalue weighted by Gasteiger charge is -2.07. The first-order valence-electron chi connectivity index (χ1n) is 3.64. The van der Waals surface area contributed by atoms with E-state index in [1.165, 1.54) is 0 Å². The van der Waals surface area contributed by atoms with Gasteiger partial charge in [-0.25, -0.2) is 4.98 Å². The second-order valence-corrected chi connectivity index (χ2v) is 2.42. The Kier molecular flexibility index (Phi) is 5.37. The van der Waals surface area contributed by atoms with E-state index in [9.17, 15) is 0 Å². The Morgan fingerprint density at radius 1 is 1.62 bits per heavy atom. The Morgan fingerprint density at radius 2 is 2.31 bits per heavy atom. The SMILES string of the molecule is COc1ccc(C(N)CO)cn1.Cl. The molecule has 0 amide bonds. The highest BCUT2D eigenvalue weighted by molar-refractivity contribution is 5.85. The fourth-order valence-corrected chi connectivity index (χ4v) is 0.837. The molecule has 74 valence electrons. The van der Waals surface area contributed by atoms with Crippen LogP contribution in [0.3, 0.4) is 0 Å². The van der Waals surface area contributed by atoms with Gasteiger partial charge in [0.05, 0.1) is 19.8 Å². The minimum absolute atomic E-state index is 0. The van der Waals surface area contributed by atoms with Gasteiger partial charge in [-0.15, -0.1) is 12.4 Å². The number of nitrogens with two attached hydrogens (primary N) is 1. The average molecular weight is 205 g/mol. The van der Waals surface area contributed by atoms with Crippen LogP contribution in [0.5, 0.6) is 5.88 Å². The number of aromatic nitrogens is 1. The minimum atomic E-state index is -0.358. The van der Waals surface area contributed by atoms with Gasteiger partial charge in [-0.05, 0) is 5.56 Å². The van der Waals surface area contributed by atoms with Crippen molar-refractivity contribution < 1.29 is 9.84 Å². The number of rotatable bonds is 3. The van der Waals surface area contributed by atoms with E-state index in [2.05, 4.69) is 4.98 Å².